The molecule has 0 fully saturated rings. The Kier molecular flexibility index (Phi) is 4.49. The van der Waals surface area contributed by atoms with Crippen LogP contribution in [-0.2, 0) is 19.5 Å². The van der Waals surface area contributed by atoms with Crippen LogP contribution in [-0.4, -0.2) is 20.6 Å². The van der Waals surface area contributed by atoms with E-state index in [1.807, 2.05) is 13.3 Å². The Balaban J connectivity index is 1.83. The predicted molar refractivity (Wildman–Crippen MR) is 74.8 cm³/mol. The van der Waals surface area contributed by atoms with E-state index in [2.05, 4.69) is 45.3 Å². The van der Waals surface area contributed by atoms with Crippen LogP contribution >= 0.6 is 11.3 Å². The third kappa shape index (κ3) is 3.92. The highest BCUT2D eigenvalue weighted by molar-refractivity contribution is 7.09. The zero-order valence-electron chi connectivity index (χ0n) is 11.2. The molecule has 0 aromatic carbocycles. The van der Waals surface area contributed by atoms with Crippen LogP contribution < -0.4 is 5.32 Å². The maximum Gasteiger partial charge on any atom is 0.0950 e. The van der Waals surface area contributed by atoms with Gasteiger partial charge in [-0.1, -0.05) is 13.8 Å². The fourth-order valence-corrected chi connectivity index (χ4v) is 2.44. The van der Waals surface area contributed by atoms with E-state index in [0.717, 1.165) is 30.9 Å². The van der Waals surface area contributed by atoms with E-state index in [0.29, 0.717) is 6.04 Å². The molecular weight excluding hydrogens is 244 g/mol. The molecule has 1 N–H and O–H groups in total. The molecule has 5 heteroatoms. The van der Waals surface area contributed by atoms with Gasteiger partial charge in [0.1, 0.15) is 0 Å². The molecule has 0 aliphatic heterocycles. The minimum atomic E-state index is 0.494. The number of imidazole rings is 1. The van der Waals surface area contributed by atoms with Crippen molar-refractivity contribution in [3.05, 3.63) is 34.3 Å². The summed E-state index contributed by atoms with van der Waals surface area (Å²) in [5.41, 5.74) is 2.21. The van der Waals surface area contributed by atoms with E-state index in [1.54, 1.807) is 11.3 Å². The Bertz CT molecular complexity index is 487. The zero-order chi connectivity index (χ0) is 13.0. The van der Waals surface area contributed by atoms with E-state index in [-0.39, 0.29) is 0 Å². The van der Waals surface area contributed by atoms with Crippen LogP contribution in [0.2, 0.25) is 0 Å². The summed E-state index contributed by atoms with van der Waals surface area (Å²) in [7, 11) is 0. The first-order valence-electron chi connectivity index (χ1n) is 6.28. The maximum atomic E-state index is 4.46. The van der Waals surface area contributed by atoms with Crippen LogP contribution in [0.5, 0.6) is 0 Å². The first kappa shape index (κ1) is 13.2. The fourth-order valence-electron chi connectivity index (χ4n) is 1.67. The molecule has 2 rings (SSSR count). The van der Waals surface area contributed by atoms with Crippen molar-refractivity contribution in [2.24, 2.45) is 0 Å². The molecule has 0 spiro atoms. The lowest BCUT2D eigenvalue weighted by atomic mass is 10.3. The molecular formula is C13H20N4S. The lowest BCUT2D eigenvalue weighted by Gasteiger charge is -2.04. The fraction of sp³-hybridized carbons (Fsp3) is 0.538. The predicted octanol–water partition coefficient (Wildman–Crippen LogP) is 2.39. The monoisotopic (exact) mass is 264 g/mol. The second kappa shape index (κ2) is 6.11. The minimum Gasteiger partial charge on any atom is -0.337 e. The van der Waals surface area contributed by atoms with Crippen molar-refractivity contribution < 1.29 is 0 Å². The average molecular weight is 264 g/mol. The highest BCUT2D eigenvalue weighted by Gasteiger charge is 2.02. The second-order valence-electron chi connectivity index (χ2n) is 4.77. The summed E-state index contributed by atoms with van der Waals surface area (Å²) in [5, 5.41) is 6.66. The summed E-state index contributed by atoms with van der Waals surface area (Å²) in [4.78, 5) is 8.85. The normalized spacial score (nSPS) is 11.3. The van der Waals surface area contributed by atoms with Crippen molar-refractivity contribution in [2.75, 3.05) is 0 Å². The first-order valence-corrected chi connectivity index (χ1v) is 7.16. The summed E-state index contributed by atoms with van der Waals surface area (Å²) in [6.07, 6.45) is 4.99. The van der Waals surface area contributed by atoms with E-state index in [9.17, 15) is 0 Å². The first-order chi connectivity index (χ1) is 8.63. The Morgan fingerprint density at radius 1 is 1.44 bits per heavy atom. The topological polar surface area (TPSA) is 42.7 Å². The van der Waals surface area contributed by atoms with Crippen molar-refractivity contribution in [3.8, 4) is 0 Å². The van der Waals surface area contributed by atoms with Gasteiger partial charge in [-0.05, 0) is 6.92 Å². The molecule has 2 heterocycles. The van der Waals surface area contributed by atoms with E-state index in [1.165, 1.54) is 5.01 Å². The van der Waals surface area contributed by atoms with Crippen LogP contribution in [0, 0.1) is 6.92 Å². The molecule has 0 saturated carbocycles. The van der Waals surface area contributed by atoms with Crippen LogP contribution in [0.1, 0.15) is 30.2 Å². The van der Waals surface area contributed by atoms with Gasteiger partial charge in [0.25, 0.3) is 0 Å². The number of nitrogens with one attached hydrogen (secondary N) is 1. The lowest BCUT2D eigenvalue weighted by molar-refractivity contribution is 0.582. The molecule has 0 atom stereocenters. The molecule has 18 heavy (non-hydrogen) atoms. The molecule has 2 aromatic rings. The standard InChI is InChI=1S/C13H20N4S/c1-10(2)14-6-12-7-17(9-15-12)5-4-13-16-11(3)8-18-13/h7-10,14H,4-6H2,1-3H3. The van der Waals surface area contributed by atoms with Gasteiger partial charge in [0.05, 0.1) is 17.0 Å². The number of hydrogen-bond donors (Lipinski definition) is 1. The molecule has 0 saturated heterocycles. The van der Waals surface area contributed by atoms with E-state index >= 15 is 0 Å². The van der Waals surface area contributed by atoms with Gasteiger partial charge in [0.2, 0.25) is 0 Å². The van der Waals surface area contributed by atoms with Crippen molar-refractivity contribution in [2.45, 2.75) is 46.3 Å². The largest absolute Gasteiger partial charge is 0.337 e. The number of aromatic nitrogens is 3. The maximum absolute atomic E-state index is 4.46. The van der Waals surface area contributed by atoms with Gasteiger partial charge in [-0.3, -0.25) is 0 Å². The van der Waals surface area contributed by atoms with Gasteiger partial charge in [0.15, 0.2) is 0 Å². The van der Waals surface area contributed by atoms with E-state index < -0.39 is 0 Å². The molecule has 0 radical (unpaired) electrons. The third-order valence-electron chi connectivity index (χ3n) is 2.63. The summed E-state index contributed by atoms with van der Waals surface area (Å²) < 4.78 is 2.13. The minimum absolute atomic E-state index is 0.494. The van der Waals surface area contributed by atoms with Crippen LogP contribution in [0.3, 0.4) is 0 Å². The van der Waals surface area contributed by atoms with Crippen molar-refractivity contribution in [1.82, 2.24) is 19.9 Å². The summed E-state index contributed by atoms with van der Waals surface area (Å²) >= 11 is 1.73. The summed E-state index contributed by atoms with van der Waals surface area (Å²) in [5.74, 6) is 0. The van der Waals surface area contributed by atoms with Crippen molar-refractivity contribution in [3.63, 3.8) is 0 Å². The molecule has 0 unspecified atom stereocenters. The molecule has 0 aliphatic carbocycles. The highest BCUT2D eigenvalue weighted by atomic mass is 32.1. The van der Waals surface area contributed by atoms with Crippen LogP contribution in [0.25, 0.3) is 0 Å². The smallest absolute Gasteiger partial charge is 0.0950 e. The average Bonchev–Trinajstić information content (AvgIpc) is 2.93. The zero-order valence-corrected chi connectivity index (χ0v) is 12.0. The molecule has 0 bridgehead atoms. The quantitative estimate of drug-likeness (QED) is 0.871. The van der Waals surface area contributed by atoms with Gasteiger partial charge in [-0.25, -0.2) is 9.97 Å². The number of aryl methyl sites for hydroxylation is 3. The molecule has 98 valence electrons. The van der Waals surface area contributed by atoms with Crippen molar-refractivity contribution >= 4 is 11.3 Å². The SMILES string of the molecule is Cc1csc(CCn2cnc(CNC(C)C)c2)n1. The molecule has 4 nitrogen and oxygen atoms in total. The van der Waals surface area contributed by atoms with Crippen LogP contribution in [0.4, 0.5) is 0 Å². The van der Waals surface area contributed by atoms with Gasteiger partial charge >= 0.3 is 0 Å². The van der Waals surface area contributed by atoms with E-state index in [4.69, 9.17) is 0 Å². The number of hydrogen-bond acceptors (Lipinski definition) is 4. The molecule has 2 aromatic heterocycles. The number of rotatable bonds is 6. The Morgan fingerprint density at radius 3 is 2.94 bits per heavy atom. The van der Waals surface area contributed by atoms with Gasteiger partial charge in [0, 0.05) is 42.8 Å². The molecule has 0 aliphatic rings. The number of nitrogens with zero attached hydrogens (tertiary/aromatic N) is 3. The van der Waals surface area contributed by atoms with Crippen molar-refractivity contribution in [1.29, 1.82) is 0 Å². The molecule has 0 amide bonds. The second-order valence-corrected chi connectivity index (χ2v) is 5.71. The third-order valence-corrected chi connectivity index (χ3v) is 3.66. The van der Waals surface area contributed by atoms with Crippen LogP contribution in [0.15, 0.2) is 17.9 Å². The van der Waals surface area contributed by atoms with Gasteiger partial charge in [-0.2, -0.15) is 0 Å². The lowest BCUT2D eigenvalue weighted by Crippen LogP contribution is -2.21. The summed E-state index contributed by atoms with van der Waals surface area (Å²) in [6.45, 7) is 8.10. The highest BCUT2D eigenvalue weighted by Crippen LogP contribution is 2.10. The Hall–Kier alpha value is -1.20. The van der Waals surface area contributed by atoms with Gasteiger partial charge in [-0.15, -0.1) is 11.3 Å². The Labute approximate surface area is 112 Å². The summed E-state index contributed by atoms with van der Waals surface area (Å²) in [6, 6.07) is 0.494. The number of thiazole rings is 1. The van der Waals surface area contributed by atoms with Gasteiger partial charge < -0.3 is 9.88 Å². The Morgan fingerprint density at radius 2 is 2.28 bits per heavy atom.